The predicted octanol–water partition coefficient (Wildman–Crippen LogP) is 1.98. The van der Waals surface area contributed by atoms with Crippen LogP contribution in [0.25, 0.3) is 10.9 Å². The van der Waals surface area contributed by atoms with Crippen molar-refractivity contribution in [2.45, 2.75) is 13.3 Å². The highest BCUT2D eigenvalue weighted by Gasteiger charge is 2.18. The Morgan fingerprint density at radius 2 is 2.29 bits per heavy atom. The van der Waals surface area contributed by atoms with Gasteiger partial charge in [-0.15, -0.1) is 0 Å². The van der Waals surface area contributed by atoms with E-state index in [9.17, 15) is 9.18 Å². The number of benzene rings is 1. The van der Waals surface area contributed by atoms with Gasteiger partial charge in [-0.25, -0.2) is 4.39 Å². The molecule has 1 aromatic carbocycles. The fourth-order valence-electron chi connectivity index (χ4n) is 1.85. The van der Waals surface area contributed by atoms with Crippen LogP contribution in [0.1, 0.15) is 12.6 Å². The molecule has 0 fully saturated rings. The van der Waals surface area contributed by atoms with E-state index in [1.807, 2.05) is 0 Å². The first-order valence-corrected chi connectivity index (χ1v) is 5.33. The molecule has 1 aromatic heterocycles. The van der Waals surface area contributed by atoms with E-state index >= 15 is 0 Å². The van der Waals surface area contributed by atoms with Crippen LogP contribution in [0.5, 0.6) is 0 Å². The van der Waals surface area contributed by atoms with Crippen molar-refractivity contribution in [2.24, 2.45) is 13.0 Å². The molecule has 2 rings (SSSR count). The van der Waals surface area contributed by atoms with Crippen LogP contribution >= 0.6 is 0 Å². The second-order valence-electron chi connectivity index (χ2n) is 4.15. The lowest BCUT2D eigenvalue weighted by Gasteiger charge is -2.06. The van der Waals surface area contributed by atoms with E-state index in [0.717, 1.165) is 5.69 Å². The number of carbonyl (C=O) groups is 1. The Kier molecular flexibility index (Phi) is 2.83. The molecule has 0 aliphatic carbocycles. The van der Waals surface area contributed by atoms with Crippen molar-refractivity contribution in [3.05, 3.63) is 29.7 Å². The zero-order valence-electron chi connectivity index (χ0n) is 9.64. The van der Waals surface area contributed by atoms with Gasteiger partial charge in [0.2, 0.25) is 0 Å². The summed E-state index contributed by atoms with van der Waals surface area (Å²) in [5.41, 5.74) is 1.04. The van der Waals surface area contributed by atoms with Gasteiger partial charge in [0.15, 0.2) is 5.82 Å². The minimum absolute atomic E-state index is 0.294. The van der Waals surface area contributed by atoms with E-state index in [2.05, 4.69) is 5.10 Å². The normalized spacial score (nSPS) is 12.9. The number of carboxylic acids is 1. The summed E-state index contributed by atoms with van der Waals surface area (Å²) in [5, 5.41) is 13.6. The van der Waals surface area contributed by atoms with Gasteiger partial charge in [0.25, 0.3) is 0 Å². The molecule has 1 unspecified atom stereocenters. The van der Waals surface area contributed by atoms with Crippen LogP contribution in [0.15, 0.2) is 18.2 Å². The fraction of sp³-hybridized carbons (Fsp3) is 0.333. The molecule has 0 radical (unpaired) electrons. The van der Waals surface area contributed by atoms with Crippen molar-refractivity contribution in [1.29, 1.82) is 0 Å². The molecule has 1 heterocycles. The molecule has 0 aliphatic heterocycles. The number of hydrogen-bond acceptors (Lipinski definition) is 2. The molecule has 5 heteroatoms. The lowest BCUT2D eigenvalue weighted by molar-refractivity contribution is -0.141. The molecule has 1 N–H and O–H groups in total. The Balaban J connectivity index is 2.50. The Labute approximate surface area is 97.7 Å². The molecule has 0 spiro atoms. The average molecular weight is 236 g/mol. The quantitative estimate of drug-likeness (QED) is 0.886. The summed E-state index contributed by atoms with van der Waals surface area (Å²) in [6.07, 6.45) is 0.339. The summed E-state index contributed by atoms with van der Waals surface area (Å²) in [7, 11) is 1.70. The molecule has 0 bridgehead atoms. The summed E-state index contributed by atoms with van der Waals surface area (Å²) < 4.78 is 15.0. The third-order valence-electron chi connectivity index (χ3n) is 2.86. The van der Waals surface area contributed by atoms with Crippen molar-refractivity contribution in [3.8, 4) is 0 Å². The van der Waals surface area contributed by atoms with Gasteiger partial charge in [-0.2, -0.15) is 5.10 Å². The van der Waals surface area contributed by atoms with Crippen LogP contribution in [0.4, 0.5) is 4.39 Å². The van der Waals surface area contributed by atoms with E-state index in [-0.39, 0.29) is 5.82 Å². The van der Waals surface area contributed by atoms with E-state index in [0.29, 0.717) is 17.3 Å². The van der Waals surface area contributed by atoms with Crippen LogP contribution in [0.2, 0.25) is 0 Å². The number of halogens is 1. The maximum atomic E-state index is 13.5. The second kappa shape index (κ2) is 4.16. The third-order valence-corrected chi connectivity index (χ3v) is 2.86. The summed E-state index contributed by atoms with van der Waals surface area (Å²) in [6, 6.07) is 4.71. The van der Waals surface area contributed by atoms with E-state index in [1.54, 1.807) is 30.8 Å². The molecule has 17 heavy (non-hydrogen) atoms. The molecule has 4 nitrogen and oxygen atoms in total. The van der Waals surface area contributed by atoms with Gasteiger partial charge < -0.3 is 5.11 Å². The SMILES string of the molecule is CC(Cc1c2cccc(F)c2nn1C)C(=O)O. The van der Waals surface area contributed by atoms with E-state index < -0.39 is 11.9 Å². The molecular weight excluding hydrogens is 223 g/mol. The molecular formula is C12H13FN2O2. The largest absolute Gasteiger partial charge is 0.481 e. The standard InChI is InChI=1S/C12H13FN2O2/c1-7(12(16)17)6-10-8-4-3-5-9(13)11(8)14-15(10)2/h3-5,7H,6H2,1-2H3,(H,16,17). The number of aryl methyl sites for hydroxylation is 1. The van der Waals surface area contributed by atoms with Crippen molar-refractivity contribution in [2.75, 3.05) is 0 Å². The summed E-state index contributed by atoms with van der Waals surface area (Å²) >= 11 is 0. The number of nitrogens with zero attached hydrogens (tertiary/aromatic N) is 2. The molecule has 0 saturated heterocycles. The monoisotopic (exact) mass is 236 g/mol. The van der Waals surface area contributed by atoms with Crippen LogP contribution < -0.4 is 0 Å². The zero-order valence-corrected chi connectivity index (χ0v) is 9.64. The highest BCUT2D eigenvalue weighted by Crippen LogP contribution is 2.22. The molecule has 2 aromatic rings. The lowest BCUT2D eigenvalue weighted by Crippen LogP contribution is -2.14. The highest BCUT2D eigenvalue weighted by molar-refractivity contribution is 5.82. The van der Waals surface area contributed by atoms with Crippen molar-refractivity contribution < 1.29 is 14.3 Å². The number of rotatable bonds is 3. The number of carboxylic acid groups (broad SMARTS) is 1. The minimum Gasteiger partial charge on any atom is -0.481 e. The van der Waals surface area contributed by atoms with E-state index in [1.165, 1.54) is 6.07 Å². The second-order valence-corrected chi connectivity index (χ2v) is 4.15. The van der Waals surface area contributed by atoms with Crippen molar-refractivity contribution in [1.82, 2.24) is 9.78 Å². The maximum Gasteiger partial charge on any atom is 0.306 e. The van der Waals surface area contributed by atoms with Crippen molar-refractivity contribution in [3.63, 3.8) is 0 Å². The van der Waals surface area contributed by atoms with Gasteiger partial charge in [-0.1, -0.05) is 19.1 Å². The Morgan fingerprint density at radius 1 is 1.59 bits per heavy atom. The first-order valence-electron chi connectivity index (χ1n) is 5.33. The van der Waals surface area contributed by atoms with E-state index in [4.69, 9.17) is 5.11 Å². The predicted molar refractivity (Wildman–Crippen MR) is 61.2 cm³/mol. The van der Waals surface area contributed by atoms with Crippen LogP contribution in [-0.4, -0.2) is 20.9 Å². The lowest BCUT2D eigenvalue weighted by atomic mass is 10.0. The smallest absolute Gasteiger partial charge is 0.306 e. The average Bonchev–Trinajstić information content (AvgIpc) is 2.58. The topological polar surface area (TPSA) is 55.1 Å². The Bertz CT molecular complexity index is 577. The van der Waals surface area contributed by atoms with Gasteiger partial charge in [-0.3, -0.25) is 9.48 Å². The number of aromatic nitrogens is 2. The Morgan fingerprint density at radius 3 is 2.94 bits per heavy atom. The number of aliphatic carboxylic acids is 1. The Hall–Kier alpha value is -1.91. The first-order chi connectivity index (χ1) is 8.00. The zero-order chi connectivity index (χ0) is 12.6. The van der Waals surface area contributed by atoms with Crippen LogP contribution in [-0.2, 0) is 18.3 Å². The molecule has 1 atom stereocenters. The van der Waals surface area contributed by atoms with Crippen molar-refractivity contribution >= 4 is 16.9 Å². The highest BCUT2D eigenvalue weighted by atomic mass is 19.1. The van der Waals surface area contributed by atoms with Gasteiger partial charge in [0.05, 0.1) is 5.92 Å². The third kappa shape index (κ3) is 2.00. The first kappa shape index (κ1) is 11.6. The van der Waals surface area contributed by atoms with Crippen LogP contribution in [0, 0.1) is 11.7 Å². The molecule has 0 amide bonds. The fourth-order valence-corrected chi connectivity index (χ4v) is 1.85. The van der Waals surface area contributed by atoms with Crippen LogP contribution in [0.3, 0.4) is 0 Å². The van der Waals surface area contributed by atoms with Gasteiger partial charge in [0.1, 0.15) is 5.52 Å². The van der Waals surface area contributed by atoms with Gasteiger partial charge >= 0.3 is 5.97 Å². The molecule has 0 aliphatic rings. The van der Waals surface area contributed by atoms with Gasteiger partial charge in [0, 0.05) is 24.5 Å². The minimum atomic E-state index is -0.865. The van der Waals surface area contributed by atoms with Gasteiger partial charge in [-0.05, 0) is 6.07 Å². The number of hydrogen-bond donors (Lipinski definition) is 1. The summed E-state index contributed by atoms with van der Waals surface area (Å²) in [6.45, 7) is 1.63. The number of fused-ring (bicyclic) bond motifs is 1. The summed E-state index contributed by atoms with van der Waals surface area (Å²) in [5.74, 6) is -1.76. The maximum absolute atomic E-state index is 13.5. The summed E-state index contributed by atoms with van der Waals surface area (Å²) in [4.78, 5) is 10.8. The molecule has 90 valence electrons. The molecule has 0 saturated carbocycles.